The van der Waals surface area contributed by atoms with E-state index >= 15 is 0 Å². The fourth-order valence-electron chi connectivity index (χ4n) is 3.02. The minimum Gasteiger partial charge on any atom is -0.376 e. The van der Waals surface area contributed by atoms with Gasteiger partial charge < -0.3 is 10.1 Å². The van der Waals surface area contributed by atoms with Gasteiger partial charge in [0.25, 0.3) is 0 Å². The van der Waals surface area contributed by atoms with Crippen molar-refractivity contribution in [1.29, 1.82) is 0 Å². The molecular formula is C18H19N3O6. The maximum atomic E-state index is 12.4. The molecule has 1 aromatic rings. The number of imide groups is 2. The fraction of sp³-hybridized carbons (Fsp3) is 0.389. The minimum absolute atomic E-state index is 0.0134. The Balaban J connectivity index is 1.66. The molecule has 2 fully saturated rings. The smallest absolute Gasteiger partial charge is 0.334 e. The zero-order valence-electron chi connectivity index (χ0n) is 14.8. The van der Waals surface area contributed by atoms with E-state index < -0.39 is 30.2 Å². The maximum Gasteiger partial charge on any atom is 0.334 e. The van der Waals surface area contributed by atoms with Crippen molar-refractivity contribution < 1.29 is 28.7 Å². The predicted octanol–water partition coefficient (Wildman–Crippen LogP) is 0.797. The molecular weight excluding hydrogens is 354 g/mol. The highest BCUT2D eigenvalue weighted by Gasteiger charge is 2.46. The first kappa shape index (κ1) is 18.7. The first-order valence-corrected chi connectivity index (χ1v) is 8.56. The molecule has 2 saturated heterocycles. The van der Waals surface area contributed by atoms with Crippen molar-refractivity contribution in [3.05, 3.63) is 29.8 Å². The lowest BCUT2D eigenvalue weighted by Gasteiger charge is -2.18. The molecule has 9 heteroatoms. The van der Waals surface area contributed by atoms with Crippen molar-refractivity contribution in [3.63, 3.8) is 0 Å². The first-order valence-electron chi connectivity index (χ1n) is 8.56. The number of Topliss-reactive ketones (excluding diaryl/α,β-unsaturated/α-hetero) is 1. The average molecular weight is 373 g/mol. The summed E-state index contributed by atoms with van der Waals surface area (Å²) in [4.78, 5) is 61.5. The van der Waals surface area contributed by atoms with Crippen LogP contribution in [0.4, 0.5) is 10.5 Å². The van der Waals surface area contributed by atoms with Crippen molar-refractivity contribution in [2.45, 2.75) is 25.9 Å². The van der Waals surface area contributed by atoms with Crippen molar-refractivity contribution in [2.24, 2.45) is 0 Å². The molecule has 5 amide bonds. The summed E-state index contributed by atoms with van der Waals surface area (Å²) in [6, 6.07) is 5.23. The second-order valence-corrected chi connectivity index (χ2v) is 6.41. The standard InChI is InChI=1S/C18H19N3O6/c1-11(22)19-13-6-4-12(5-7-13)15(23)10-21-17(25)16(24)20(18(21)26)9-14-3-2-8-27-14/h4-7,14H,2-3,8-10H2,1H3,(H,19,22). The minimum atomic E-state index is -1.01. The van der Waals surface area contributed by atoms with Gasteiger partial charge in [0.2, 0.25) is 5.91 Å². The zero-order valence-corrected chi connectivity index (χ0v) is 14.8. The topological polar surface area (TPSA) is 113 Å². The van der Waals surface area contributed by atoms with Crippen LogP contribution in [0.3, 0.4) is 0 Å². The third kappa shape index (κ3) is 4.03. The third-order valence-corrected chi connectivity index (χ3v) is 4.37. The molecule has 9 nitrogen and oxygen atoms in total. The van der Waals surface area contributed by atoms with Gasteiger partial charge in [0.15, 0.2) is 5.78 Å². The normalized spacial score (nSPS) is 19.7. The molecule has 2 aliphatic heterocycles. The number of benzene rings is 1. The molecule has 0 aromatic heterocycles. The Kier molecular flexibility index (Phi) is 5.31. The molecule has 1 unspecified atom stereocenters. The quantitative estimate of drug-likeness (QED) is 0.448. The van der Waals surface area contributed by atoms with E-state index in [9.17, 15) is 24.0 Å². The lowest BCUT2D eigenvalue weighted by atomic mass is 10.1. The molecule has 1 aromatic carbocycles. The van der Waals surface area contributed by atoms with Gasteiger partial charge in [0.05, 0.1) is 19.2 Å². The fourth-order valence-corrected chi connectivity index (χ4v) is 3.02. The molecule has 0 bridgehead atoms. The Morgan fingerprint density at radius 3 is 2.37 bits per heavy atom. The highest BCUT2D eigenvalue weighted by molar-refractivity contribution is 6.45. The Morgan fingerprint density at radius 1 is 1.11 bits per heavy atom. The number of nitrogens with one attached hydrogen (secondary N) is 1. The first-order chi connectivity index (χ1) is 12.9. The number of hydrogen-bond donors (Lipinski definition) is 1. The van der Waals surface area contributed by atoms with Crippen LogP contribution >= 0.6 is 0 Å². The van der Waals surface area contributed by atoms with Crippen LogP contribution in [0.1, 0.15) is 30.1 Å². The number of nitrogens with zero attached hydrogens (tertiary/aromatic N) is 2. The highest BCUT2D eigenvalue weighted by Crippen LogP contribution is 2.19. The van der Waals surface area contributed by atoms with Crippen LogP contribution in [0.2, 0.25) is 0 Å². The monoisotopic (exact) mass is 373 g/mol. The van der Waals surface area contributed by atoms with Gasteiger partial charge in [0, 0.05) is 24.8 Å². The summed E-state index contributed by atoms with van der Waals surface area (Å²) in [6.07, 6.45) is 1.28. The number of amides is 5. The van der Waals surface area contributed by atoms with Crippen LogP contribution in [0.15, 0.2) is 24.3 Å². The second kappa shape index (κ2) is 7.67. The Bertz CT molecular complexity index is 798. The van der Waals surface area contributed by atoms with Gasteiger partial charge in [-0.15, -0.1) is 0 Å². The largest absolute Gasteiger partial charge is 0.376 e. The van der Waals surface area contributed by atoms with E-state index in [0.717, 1.165) is 11.3 Å². The number of ether oxygens (including phenoxy) is 1. The average Bonchev–Trinajstić information content (AvgIpc) is 3.21. The molecule has 1 N–H and O–H groups in total. The number of anilines is 1. The van der Waals surface area contributed by atoms with E-state index in [1.54, 1.807) is 0 Å². The lowest BCUT2D eigenvalue weighted by molar-refractivity contribution is -0.143. The number of ketones is 1. The number of rotatable bonds is 6. The van der Waals surface area contributed by atoms with Crippen LogP contribution in [0.25, 0.3) is 0 Å². The molecule has 1 atom stereocenters. The SMILES string of the molecule is CC(=O)Nc1ccc(C(=O)CN2C(=O)C(=O)N(CC3CCCO3)C2=O)cc1. The third-order valence-electron chi connectivity index (χ3n) is 4.37. The summed E-state index contributed by atoms with van der Waals surface area (Å²) >= 11 is 0. The Labute approximate surface area is 155 Å². The predicted molar refractivity (Wildman–Crippen MR) is 92.9 cm³/mol. The van der Waals surface area contributed by atoms with E-state index in [1.165, 1.54) is 31.2 Å². The van der Waals surface area contributed by atoms with Gasteiger partial charge in [-0.3, -0.25) is 24.1 Å². The summed E-state index contributed by atoms with van der Waals surface area (Å²) in [5.74, 6) is -2.68. The van der Waals surface area contributed by atoms with Gasteiger partial charge in [0.1, 0.15) is 0 Å². The summed E-state index contributed by atoms with van der Waals surface area (Å²) in [7, 11) is 0. The lowest BCUT2D eigenvalue weighted by Crippen LogP contribution is -2.39. The molecule has 27 heavy (non-hydrogen) atoms. The highest BCUT2D eigenvalue weighted by atomic mass is 16.5. The number of urea groups is 1. The van der Waals surface area contributed by atoms with Gasteiger partial charge in [-0.25, -0.2) is 9.69 Å². The van der Waals surface area contributed by atoms with E-state index in [1.807, 2.05) is 0 Å². The van der Waals surface area contributed by atoms with Crippen LogP contribution in [0.5, 0.6) is 0 Å². The summed E-state index contributed by atoms with van der Waals surface area (Å²) in [5.41, 5.74) is 0.778. The van der Waals surface area contributed by atoms with Crippen molar-refractivity contribution in [3.8, 4) is 0 Å². The Morgan fingerprint density at radius 2 is 1.78 bits per heavy atom. The molecule has 142 valence electrons. The van der Waals surface area contributed by atoms with Crippen LogP contribution in [-0.4, -0.2) is 65.1 Å². The molecule has 2 aliphatic rings. The van der Waals surface area contributed by atoms with Crippen LogP contribution in [-0.2, 0) is 19.1 Å². The van der Waals surface area contributed by atoms with E-state index in [2.05, 4.69) is 5.32 Å². The summed E-state index contributed by atoms with van der Waals surface area (Å²) < 4.78 is 5.40. The van der Waals surface area contributed by atoms with Crippen LogP contribution in [0, 0.1) is 0 Å². The molecule has 2 heterocycles. The second-order valence-electron chi connectivity index (χ2n) is 6.41. The van der Waals surface area contributed by atoms with Gasteiger partial charge in [-0.2, -0.15) is 0 Å². The number of carbonyl (C=O) groups excluding carboxylic acids is 5. The van der Waals surface area contributed by atoms with E-state index in [4.69, 9.17) is 4.74 Å². The number of carbonyl (C=O) groups is 5. The van der Waals surface area contributed by atoms with Crippen molar-refractivity contribution in [1.82, 2.24) is 9.80 Å². The van der Waals surface area contributed by atoms with E-state index in [0.29, 0.717) is 23.6 Å². The molecule has 0 aliphatic carbocycles. The van der Waals surface area contributed by atoms with Gasteiger partial charge >= 0.3 is 17.8 Å². The van der Waals surface area contributed by atoms with E-state index in [-0.39, 0.29) is 24.1 Å². The maximum absolute atomic E-state index is 12.4. The molecule has 3 rings (SSSR count). The summed E-state index contributed by atoms with van der Waals surface area (Å²) in [6.45, 7) is 1.42. The molecule has 0 spiro atoms. The van der Waals surface area contributed by atoms with Gasteiger partial charge in [-0.05, 0) is 37.1 Å². The Hall–Kier alpha value is -3.07. The molecule has 0 radical (unpaired) electrons. The van der Waals surface area contributed by atoms with Crippen LogP contribution < -0.4 is 5.32 Å². The summed E-state index contributed by atoms with van der Waals surface area (Å²) in [5, 5.41) is 2.57. The molecule has 0 saturated carbocycles. The van der Waals surface area contributed by atoms with Crippen molar-refractivity contribution in [2.75, 3.05) is 25.0 Å². The van der Waals surface area contributed by atoms with Crippen molar-refractivity contribution >= 4 is 35.2 Å². The zero-order chi connectivity index (χ0) is 19.6. The van der Waals surface area contributed by atoms with Gasteiger partial charge in [-0.1, -0.05) is 0 Å². The number of hydrogen-bond acceptors (Lipinski definition) is 6.